The molecular formula is C13H15N3O3S. The normalized spacial score (nSPS) is 11.2. The first-order chi connectivity index (χ1) is 9.33. The van der Waals surface area contributed by atoms with Crippen LogP contribution in [0.1, 0.15) is 20.8 Å². The van der Waals surface area contributed by atoms with Gasteiger partial charge in [0.2, 0.25) is 5.13 Å². The Bertz CT molecular complexity index is 619. The third-order valence-corrected chi connectivity index (χ3v) is 3.01. The molecule has 6 nitrogen and oxygen atoms in total. The largest absolute Gasteiger partial charge is 0.508 e. The fourth-order valence-electron chi connectivity index (χ4n) is 1.42. The molecule has 0 unspecified atom stereocenters. The Morgan fingerprint density at radius 3 is 2.75 bits per heavy atom. The van der Waals surface area contributed by atoms with E-state index in [0.717, 1.165) is 5.56 Å². The SMILES string of the molecule is CC(C)(C)OC(=O)Nc1nnc(-c2cccc(O)c2)s1. The Labute approximate surface area is 120 Å². The van der Waals surface area contributed by atoms with Crippen LogP contribution in [0.15, 0.2) is 24.3 Å². The second-order valence-electron chi connectivity index (χ2n) is 5.09. The summed E-state index contributed by atoms with van der Waals surface area (Å²) in [6.07, 6.45) is -0.573. The quantitative estimate of drug-likeness (QED) is 0.887. The topological polar surface area (TPSA) is 84.3 Å². The van der Waals surface area contributed by atoms with Crippen molar-refractivity contribution in [3.63, 3.8) is 0 Å². The summed E-state index contributed by atoms with van der Waals surface area (Å²) >= 11 is 1.20. The van der Waals surface area contributed by atoms with Crippen LogP contribution in [0, 0.1) is 0 Å². The number of phenols is 1. The Kier molecular flexibility index (Phi) is 3.89. The highest BCUT2D eigenvalue weighted by atomic mass is 32.1. The van der Waals surface area contributed by atoms with Crippen LogP contribution >= 0.6 is 11.3 Å². The molecule has 2 N–H and O–H groups in total. The Hall–Kier alpha value is -2.15. The van der Waals surface area contributed by atoms with E-state index in [-0.39, 0.29) is 5.75 Å². The van der Waals surface area contributed by atoms with E-state index in [1.54, 1.807) is 45.0 Å². The first-order valence-corrected chi connectivity index (χ1v) is 6.78. The summed E-state index contributed by atoms with van der Waals surface area (Å²) in [5.74, 6) is 0.152. The Morgan fingerprint density at radius 2 is 2.10 bits per heavy atom. The van der Waals surface area contributed by atoms with Gasteiger partial charge in [-0.2, -0.15) is 0 Å². The monoisotopic (exact) mass is 293 g/mol. The van der Waals surface area contributed by atoms with Gasteiger partial charge in [-0.05, 0) is 32.9 Å². The smallest absolute Gasteiger partial charge is 0.414 e. The number of nitrogens with zero attached hydrogens (tertiary/aromatic N) is 2. The molecule has 0 fully saturated rings. The van der Waals surface area contributed by atoms with E-state index in [0.29, 0.717) is 10.1 Å². The fraction of sp³-hybridized carbons (Fsp3) is 0.308. The van der Waals surface area contributed by atoms with E-state index in [2.05, 4.69) is 15.5 Å². The van der Waals surface area contributed by atoms with Crippen molar-refractivity contribution in [2.45, 2.75) is 26.4 Å². The molecule has 0 spiro atoms. The third-order valence-electron chi connectivity index (χ3n) is 2.13. The van der Waals surface area contributed by atoms with Crippen LogP contribution in [0.2, 0.25) is 0 Å². The lowest BCUT2D eigenvalue weighted by Gasteiger charge is -2.18. The number of amides is 1. The summed E-state index contributed by atoms with van der Waals surface area (Å²) in [5.41, 5.74) is 0.169. The number of hydrogen-bond donors (Lipinski definition) is 2. The van der Waals surface area contributed by atoms with Crippen LogP contribution in [0.25, 0.3) is 10.6 Å². The van der Waals surface area contributed by atoms with Gasteiger partial charge in [0.25, 0.3) is 0 Å². The van der Waals surface area contributed by atoms with Gasteiger partial charge in [-0.1, -0.05) is 23.5 Å². The van der Waals surface area contributed by atoms with Crippen molar-refractivity contribution >= 4 is 22.6 Å². The van der Waals surface area contributed by atoms with E-state index in [1.807, 2.05) is 0 Å². The van der Waals surface area contributed by atoms with Crippen LogP contribution in [0.4, 0.5) is 9.93 Å². The molecule has 0 saturated heterocycles. The van der Waals surface area contributed by atoms with Crippen molar-refractivity contribution in [1.29, 1.82) is 0 Å². The van der Waals surface area contributed by atoms with E-state index in [1.165, 1.54) is 11.3 Å². The number of benzene rings is 1. The number of phenolic OH excluding ortho intramolecular Hbond substituents is 1. The van der Waals surface area contributed by atoms with Crippen LogP contribution in [-0.4, -0.2) is 27.0 Å². The highest BCUT2D eigenvalue weighted by Gasteiger charge is 2.17. The Balaban J connectivity index is 2.08. The van der Waals surface area contributed by atoms with Crippen molar-refractivity contribution in [3.05, 3.63) is 24.3 Å². The summed E-state index contributed by atoms with van der Waals surface area (Å²) in [5, 5.41) is 20.7. The molecule has 1 aromatic carbocycles. The molecule has 0 radical (unpaired) electrons. The molecule has 0 aliphatic rings. The van der Waals surface area contributed by atoms with Crippen LogP contribution in [-0.2, 0) is 4.74 Å². The molecule has 1 aromatic heterocycles. The lowest BCUT2D eigenvalue weighted by atomic mass is 10.2. The minimum Gasteiger partial charge on any atom is -0.508 e. The van der Waals surface area contributed by atoms with Gasteiger partial charge in [-0.15, -0.1) is 10.2 Å². The molecule has 0 bridgehead atoms. The third kappa shape index (κ3) is 3.92. The first kappa shape index (κ1) is 14.3. The second-order valence-corrected chi connectivity index (χ2v) is 6.07. The summed E-state index contributed by atoms with van der Waals surface area (Å²) < 4.78 is 5.12. The van der Waals surface area contributed by atoms with Crippen molar-refractivity contribution in [2.75, 3.05) is 5.32 Å². The maximum atomic E-state index is 11.6. The van der Waals surface area contributed by atoms with E-state index in [9.17, 15) is 9.90 Å². The molecule has 7 heteroatoms. The van der Waals surface area contributed by atoms with E-state index < -0.39 is 11.7 Å². The van der Waals surface area contributed by atoms with Crippen molar-refractivity contribution in [1.82, 2.24) is 10.2 Å². The standard InChI is InChI=1S/C13H15N3O3S/c1-13(2,3)19-12(18)14-11-16-15-10(20-11)8-5-4-6-9(17)7-8/h4-7,17H,1-3H3,(H,14,16,18). The summed E-state index contributed by atoms with van der Waals surface area (Å²) in [7, 11) is 0. The van der Waals surface area contributed by atoms with Gasteiger partial charge in [0, 0.05) is 5.56 Å². The van der Waals surface area contributed by atoms with Gasteiger partial charge in [-0.3, -0.25) is 5.32 Å². The highest BCUT2D eigenvalue weighted by Crippen LogP contribution is 2.28. The zero-order chi connectivity index (χ0) is 14.8. The predicted molar refractivity (Wildman–Crippen MR) is 76.9 cm³/mol. The van der Waals surface area contributed by atoms with Crippen molar-refractivity contribution in [3.8, 4) is 16.3 Å². The molecule has 2 aromatic rings. The minimum atomic E-state index is -0.573. The average Bonchev–Trinajstić information content (AvgIpc) is 2.74. The number of nitrogens with one attached hydrogen (secondary N) is 1. The van der Waals surface area contributed by atoms with Gasteiger partial charge in [0.15, 0.2) is 0 Å². The van der Waals surface area contributed by atoms with E-state index in [4.69, 9.17) is 4.74 Å². The number of aromatic nitrogens is 2. The maximum absolute atomic E-state index is 11.6. The van der Waals surface area contributed by atoms with Crippen LogP contribution in [0.3, 0.4) is 0 Å². The lowest BCUT2D eigenvalue weighted by Crippen LogP contribution is -2.27. The van der Waals surface area contributed by atoms with Gasteiger partial charge >= 0.3 is 6.09 Å². The predicted octanol–water partition coefficient (Wildman–Crippen LogP) is 3.26. The first-order valence-electron chi connectivity index (χ1n) is 5.96. The van der Waals surface area contributed by atoms with Crippen molar-refractivity contribution in [2.24, 2.45) is 0 Å². The number of ether oxygens (including phenoxy) is 1. The van der Waals surface area contributed by atoms with Gasteiger partial charge in [0.1, 0.15) is 16.4 Å². The molecule has 106 valence electrons. The van der Waals surface area contributed by atoms with Crippen molar-refractivity contribution < 1.29 is 14.6 Å². The van der Waals surface area contributed by atoms with Gasteiger partial charge in [0.05, 0.1) is 0 Å². The van der Waals surface area contributed by atoms with E-state index >= 15 is 0 Å². The number of anilines is 1. The molecule has 1 amide bonds. The zero-order valence-corrected chi connectivity index (χ0v) is 12.2. The number of carbonyl (C=O) groups excluding carboxylic acids is 1. The molecule has 1 heterocycles. The fourth-order valence-corrected chi connectivity index (χ4v) is 2.15. The number of carbonyl (C=O) groups is 1. The molecular weight excluding hydrogens is 278 g/mol. The molecule has 20 heavy (non-hydrogen) atoms. The number of aromatic hydroxyl groups is 1. The minimum absolute atomic E-state index is 0.152. The summed E-state index contributed by atoms with van der Waals surface area (Å²) in [6.45, 7) is 5.35. The molecule has 2 rings (SSSR count). The highest BCUT2D eigenvalue weighted by molar-refractivity contribution is 7.18. The molecule has 0 atom stereocenters. The maximum Gasteiger partial charge on any atom is 0.414 e. The van der Waals surface area contributed by atoms with Gasteiger partial charge < -0.3 is 9.84 Å². The average molecular weight is 293 g/mol. The molecule has 0 aliphatic carbocycles. The van der Waals surface area contributed by atoms with Gasteiger partial charge in [-0.25, -0.2) is 4.79 Å². The molecule has 0 aliphatic heterocycles. The summed E-state index contributed by atoms with van der Waals surface area (Å²) in [4.78, 5) is 11.6. The van der Waals surface area contributed by atoms with Crippen LogP contribution < -0.4 is 5.32 Å². The lowest BCUT2D eigenvalue weighted by molar-refractivity contribution is 0.0636. The summed E-state index contributed by atoms with van der Waals surface area (Å²) in [6, 6.07) is 6.67. The van der Waals surface area contributed by atoms with Crippen LogP contribution in [0.5, 0.6) is 5.75 Å². The zero-order valence-electron chi connectivity index (χ0n) is 11.4. The second kappa shape index (κ2) is 5.46. The molecule has 0 saturated carbocycles. The number of hydrogen-bond acceptors (Lipinski definition) is 6. The Morgan fingerprint density at radius 1 is 1.35 bits per heavy atom. The number of rotatable bonds is 2.